The SMILES string of the molecule is Cl.Cl.c1ccc(-c2cccc([C@@H](c3cccs3)N3CCNCC3)c2)cc1. The van der Waals surface area contributed by atoms with Gasteiger partial charge in [-0.05, 0) is 34.2 Å². The molecule has 1 atom stereocenters. The molecule has 138 valence electrons. The van der Waals surface area contributed by atoms with Crippen LogP contribution in [0.1, 0.15) is 16.5 Å². The Morgan fingerprint density at radius 1 is 0.808 bits per heavy atom. The highest BCUT2D eigenvalue weighted by atomic mass is 35.5. The zero-order valence-electron chi connectivity index (χ0n) is 14.5. The molecule has 0 spiro atoms. The molecule has 2 heterocycles. The molecule has 2 aromatic carbocycles. The lowest BCUT2D eigenvalue weighted by molar-refractivity contribution is 0.200. The van der Waals surface area contributed by atoms with Crippen molar-refractivity contribution < 1.29 is 0 Å². The fraction of sp³-hybridized carbons (Fsp3) is 0.238. The molecule has 1 aliphatic rings. The molecule has 0 bridgehead atoms. The molecule has 26 heavy (non-hydrogen) atoms. The minimum Gasteiger partial charge on any atom is -0.314 e. The fourth-order valence-electron chi connectivity index (χ4n) is 3.46. The minimum absolute atomic E-state index is 0. The zero-order valence-corrected chi connectivity index (χ0v) is 17.0. The first-order chi connectivity index (χ1) is 11.9. The predicted molar refractivity (Wildman–Crippen MR) is 117 cm³/mol. The lowest BCUT2D eigenvalue weighted by Gasteiger charge is -2.35. The summed E-state index contributed by atoms with van der Waals surface area (Å²) in [7, 11) is 0. The van der Waals surface area contributed by atoms with Crippen LogP contribution in [0.25, 0.3) is 11.1 Å². The lowest BCUT2D eigenvalue weighted by Crippen LogP contribution is -2.45. The maximum Gasteiger partial charge on any atom is 0.0697 e. The Hall–Kier alpha value is -1.36. The summed E-state index contributed by atoms with van der Waals surface area (Å²) in [5, 5.41) is 5.65. The molecule has 1 N–H and O–H groups in total. The molecule has 4 rings (SSSR count). The summed E-state index contributed by atoms with van der Waals surface area (Å²) in [6, 6.07) is 24.5. The Kier molecular flexibility index (Phi) is 8.14. The topological polar surface area (TPSA) is 15.3 Å². The number of hydrogen-bond donors (Lipinski definition) is 1. The van der Waals surface area contributed by atoms with Crippen LogP contribution in [0.4, 0.5) is 0 Å². The Morgan fingerprint density at radius 2 is 1.54 bits per heavy atom. The van der Waals surface area contributed by atoms with Gasteiger partial charge in [-0.25, -0.2) is 0 Å². The molecule has 0 unspecified atom stereocenters. The van der Waals surface area contributed by atoms with Crippen LogP contribution in [0.15, 0.2) is 72.1 Å². The monoisotopic (exact) mass is 406 g/mol. The normalized spacial score (nSPS) is 15.5. The number of benzene rings is 2. The van der Waals surface area contributed by atoms with Gasteiger partial charge in [0, 0.05) is 31.1 Å². The first-order valence-electron chi connectivity index (χ1n) is 8.55. The highest BCUT2D eigenvalue weighted by Crippen LogP contribution is 2.34. The molecular formula is C21H24Cl2N2S. The Labute approximate surface area is 172 Å². The van der Waals surface area contributed by atoms with Gasteiger partial charge in [0.2, 0.25) is 0 Å². The number of rotatable bonds is 4. The van der Waals surface area contributed by atoms with Gasteiger partial charge in [0.15, 0.2) is 0 Å². The Bertz CT molecular complexity index is 772. The van der Waals surface area contributed by atoms with Crippen molar-refractivity contribution in [3.8, 4) is 11.1 Å². The largest absolute Gasteiger partial charge is 0.314 e. The van der Waals surface area contributed by atoms with Crippen molar-refractivity contribution in [1.82, 2.24) is 10.2 Å². The van der Waals surface area contributed by atoms with Crippen LogP contribution in [-0.2, 0) is 0 Å². The summed E-state index contributed by atoms with van der Waals surface area (Å²) < 4.78 is 0. The number of piperazine rings is 1. The molecule has 3 aromatic rings. The predicted octanol–water partition coefficient (Wildman–Crippen LogP) is 5.25. The third-order valence-electron chi connectivity index (χ3n) is 4.64. The van der Waals surface area contributed by atoms with Crippen molar-refractivity contribution in [3.63, 3.8) is 0 Å². The number of hydrogen-bond acceptors (Lipinski definition) is 3. The van der Waals surface area contributed by atoms with Crippen LogP contribution in [-0.4, -0.2) is 31.1 Å². The van der Waals surface area contributed by atoms with E-state index in [0.717, 1.165) is 26.2 Å². The van der Waals surface area contributed by atoms with Gasteiger partial charge in [-0.2, -0.15) is 0 Å². The number of halogens is 2. The second-order valence-corrected chi connectivity index (χ2v) is 7.17. The van der Waals surface area contributed by atoms with E-state index in [1.54, 1.807) is 0 Å². The van der Waals surface area contributed by atoms with Gasteiger partial charge in [-0.3, -0.25) is 4.90 Å². The number of nitrogens with one attached hydrogen (secondary N) is 1. The van der Waals surface area contributed by atoms with Crippen LogP contribution in [0.3, 0.4) is 0 Å². The maximum atomic E-state index is 3.47. The molecule has 0 radical (unpaired) electrons. The fourth-order valence-corrected chi connectivity index (χ4v) is 4.35. The van der Waals surface area contributed by atoms with E-state index in [1.807, 2.05) is 11.3 Å². The van der Waals surface area contributed by atoms with E-state index >= 15 is 0 Å². The minimum atomic E-state index is 0. The van der Waals surface area contributed by atoms with Crippen molar-refractivity contribution in [1.29, 1.82) is 0 Å². The van der Waals surface area contributed by atoms with Crippen LogP contribution in [0, 0.1) is 0 Å². The van der Waals surface area contributed by atoms with E-state index in [2.05, 4.69) is 82.3 Å². The summed E-state index contributed by atoms with van der Waals surface area (Å²) >= 11 is 1.86. The molecule has 0 aliphatic carbocycles. The van der Waals surface area contributed by atoms with Crippen molar-refractivity contribution in [2.75, 3.05) is 26.2 Å². The Morgan fingerprint density at radius 3 is 2.23 bits per heavy atom. The van der Waals surface area contributed by atoms with Crippen LogP contribution in [0.5, 0.6) is 0 Å². The van der Waals surface area contributed by atoms with E-state index in [1.165, 1.54) is 21.6 Å². The zero-order chi connectivity index (χ0) is 16.2. The quantitative estimate of drug-likeness (QED) is 0.635. The number of nitrogens with zero attached hydrogens (tertiary/aromatic N) is 1. The lowest BCUT2D eigenvalue weighted by atomic mass is 9.97. The standard InChI is InChI=1S/C21H22N2S.2ClH/c1-2-6-17(7-3-1)18-8-4-9-19(16-18)21(20-10-5-15-24-20)23-13-11-22-12-14-23;;/h1-10,15-16,21-22H,11-14H2;2*1H/t21-;;/m0../s1. The van der Waals surface area contributed by atoms with Crippen LogP contribution < -0.4 is 5.32 Å². The second-order valence-electron chi connectivity index (χ2n) is 6.20. The molecule has 1 aliphatic heterocycles. The van der Waals surface area contributed by atoms with Crippen molar-refractivity contribution in [3.05, 3.63) is 82.6 Å². The second kappa shape index (κ2) is 10.1. The first-order valence-corrected chi connectivity index (χ1v) is 9.43. The van der Waals surface area contributed by atoms with E-state index in [4.69, 9.17) is 0 Å². The van der Waals surface area contributed by atoms with Crippen LogP contribution in [0.2, 0.25) is 0 Å². The molecule has 1 aromatic heterocycles. The molecule has 0 amide bonds. The highest BCUT2D eigenvalue weighted by molar-refractivity contribution is 7.10. The van der Waals surface area contributed by atoms with Gasteiger partial charge in [-0.1, -0.05) is 54.6 Å². The summed E-state index contributed by atoms with van der Waals surface area (Å²) in [6.07, 6.45) is 0. The highest BCUT2D eigenvalue weighted by Gasteiger charge is 2.24. The summed E-state index contributed by atoms with van der Waals surface area (Å²) in [4.78, 5) is 4.04. The van der Waals surface area contributed by atoms with Gasteiger partial charge in [0.1, 0.15) is 0 Å². The number of thiophene rings is 1. The van der Waals surface area contributed by atoms with Crippen molar-refractivity contribution >= 4 is 36.2 Å². The summed E-state index contributed by atoms with van der Waals surface area (Å²) in [5.74, 6) is 0. The first kappa shape index (κ1) is 20.9. The average molecular weight is 407 g/mol. The van der Waals surface area contributed by atoms with E-state index in [0.29, 0.717) is 6.04 Å². The molecular weight excluding hydrogens is 383 g/mol. The van der Waals surface area contributed by atoms with Gasteiger partial charge in [0.05, 0.1) is 6.04 Å². The summed E-state index contributed by atoms with van der Waals surface area (Å²) in [6.45, 7) is 4.33. The van der Waals surface area contributed by atoms with Crippen LogP contribution >= 0.6 is 36.2 Å². The van der Waals surface area contributed by atoms with Gasteiger partial charge in [0.25, 0.3) is 0 Å². The van der Waals surface area contributed by atoms with Gasteiger partial charge in [-0.15, -0.1) is 36.2 Å². The van der Waals surface area contributed by atoms with Crippen molar-refractivity contribution in [2.45, 2.75) is 6.04 Å². The van der Waals surface area contributed by atoms with Gasteiger partial charge < -0.3 is 5.32 Å². The maximum absolute atomic E-state index is 3.47. The summed E-state index contributed by atoms with van der Waals surface area (Å²) in [5.41, 5.74) is 3.97. The van der Waals surface area contributed by atoms with Crippen molar-refractivity contribution in [2.24, 2.45) is 0 Å². The molecule has 1 saturated heterocycles. The smallest absolute Gasteiger partial charge is 0.0697 e. The third kappa shape index (κ3) is 4.67. The molecule has 0 saturated carbocycles. The average Bonchev–Trinajstić information content (AvgIpc) is 3.18. The molecule has 1 fully saturated rings. The van der Waals surface area contributed by atoms with E-state index < -0.39 is 0 Å². The van der Waals surface area contributed by atoms with Gasteiger partial charge >= 0.3 is 0 Å². The molecule has 5 heteroatoms. The molecule has 2 nitrogen and oxygen atoms in total. The Balaban J connectivity index is 0.00000121. The van der Waals surface area contributed by atoms with E-state index in [-0.39, 0.29) is 24.8 Å². The third-order valence-corrected chi connectivity index (χ3v) is 5.56. The van der Waals surface area contributed by atoms with E-state index in [9.17, 15) is 0 Å².